The molecule has 1 aromatic heterocycles. The van der Waals surface area contributed by atoms with Gasteiger partial charge in [-0.05, 0) is 36.5 Å². The maximum absolute atomic E-state index is 6.06. The first-order valence-corrected chi connectivity index (χ1v) is 7.73. The van der Waals surface area contributed by atoms with Crippen molar-refractivity contribution < 1.29 is 0 Å². The monoisotopic (exact) mass is 296 g/mol. The SMILES string of the molecule is CC1(Cn2c(CCl)nc3cc(Cl)ccc32)CCCC1. The molecule has 1 fully saturated rings. The molecule has 2 aromatic rings. The molecule has 1 saturated carbocycles. The van der Waals surface area contributed by atoms with Crippen molar-refractivity contribution >= 4 is 34.2 Å². The van der Waals surface area contributed by atoms with E-state index in [2.05, 4.69) is 22.5 Å². The minimum atomic E-state index is 0.383. The Morgan fingerprint density at radius 2 is 2.05 bits per heavy atom. The largest absolute Gasteiger partial charge is 0.326 e. The Bertz CT molecular complexity index is 597. The van der Waals surface area contributed by atoms with Gasteiger partial charge < -0.3 is 4.57 Å². The van der Waals surface area contributed by atoms with E-state index in [1.807, 2.05) is 12.1 Å². The van der Waals surface area contributed by atoms with Crippen molar-refractivity contribution in [1.82, 2.24) is 9.55 Å². The highest BCUT2D eigenvalue weighted by Gasteiger charge is 2.30. The summed E-state index contributed by atoms with van der Waals surface area (Å²) >= 11 is 12.1. The zero-order valence-electron chi connectivity index (χ0n) is 11.1. The fourth-order valence-electron chi connectivity index (χ4n) is 3.20. The molecule has 1 aromatic carbocycles. The van der Waals surface area contributed by atoms with Crippen LogP contribution in [-0.2, 0) is 12.4 Å². The second kappa shape index (κ2) is 4.99. The Labute approximate surface area is 123 Å². The summed E-state index contributed by atoms with van der Waals surface area (Å²) in [7, 11) is 0. The number of aromatic nitrogens is 2. The number of alkyl halides is 1. The van der Waals surface area contributed by atoms with Gasteiger partial charge in [0.2, 0.25) is 0 Å². The summed E-state index contributed by atoms with van der Waals surface area (Å²) in [6, 6.07) is 5.90. The van der Waals surface area contributed by atoms with Gasteiger partial charge in [-0.1, -0.05) is 31.4 Å². The Balaban J connectivity index is 2.05. The third-order valence-electron chi connectivity index (χ3n) is 4.26. The maximum atomic E-state index is 6.06. The number of nitrogens with zero attached hydrogens (tertiary/aromatic N) is 2. The highest BCUT2D eigenvalue weighted by atomic mass is 35.5. The van der Waals surface area contributed by atoms with Gasteiger partial charge in [0.25, 0.3) is 0 Å². The molecular weight excluding hydrogens is 279 g/mol. The van der Waals surface area contributed by atoms with E-state index >= 15 is 0 Å². The van der Waals surface area contributed by atoms with E-state index in [1.165, 1.54) is 25.7 Å². The molecule has 3 rings (SSSR count). The molecule has 102 valence electrons. The van der Waals surface area contributed by atoms with Crippen LogP contribution >= 0.6 is 23.2 Å². The van der Waals surface area contributed by atoms with Crippen molar-refractivity contribution in [2.75, 3.05) is 0 Å². The normalized spacial score (nSPS) is 18.3. The highest BCUT2D eigenvalue weighted by molar-refractivity contribution is 6.31. The van der Waals surface area contributed by atoms with Gasteiger partial charge in [0.1, 0.15) is 5.82 Å². The maximum Gasteiger partial charge on any atom is 0.124 e. The lowest BCUT2D eigenvalue weighted by atomic mass is 9.89. The molecule has 0 radical (unpaired) electrons. The van der Waals surface area contributed by atoms with Crippen LogP contribution in [0.3, 0.4) is 0 Å². The first kappa shape index (κ1) is 13.3. The predicted molar refractivity (Wildman–Crippen MR) is 80.9 cm³/mol. The molecule has 1 aliphatic rings. The van der Waals surface area contributed by atoms with Crippen molar-refractivity contribution in [2.24, 2.45) is 5.41 Å². The van der Waals surface area contributed by atoms with Crippen molar-refractivity contribution in [3.05, 3.63) is 29.0 Å². The Morgan fingerprint density at radius 3 is 2.74 bits per heavy atom. The van der Waals surface area contributed by atoms with Crippen LogP contribution in [0.5, 0.6) is 0 Å². The average molecular weight is 297 g/mol. The Morgan fingerprint density at radius 1 is 1.32 bits per heavy atom. The average Bonchev–Trinajstić information content (AvgIpc) is 2.94. The van der Waals surface area contributed by atoms with Gasteiger partial charge in [0, 0.05) is 11.6 Å². The molecule has 19 heavy (non-hydrogen) atoms. The lowest BCUT2D eigenvalue weighted by Gasteiger charge is -2.25. The van der Waals surface area contributed by atoms with Gasteiger partial charge in [-0.3, -0.25) is 0 Å². The van der Waals surface area contributed by atoms with Crippen LogP contribution in [-0.4, -0.2) is 9.55 Å². The van der Waals surface area contributed by atoms with Crippen LogP contribution in [0, 0.1) is 5.41 Å². The second-order valence-corrected chi connectivity index (χ2v) is 6.60. The van der Waals surface area contributed by atoms with Gasteiger partial charge in [0.15, 0.2) is 0 Å². The first-order chi connectivity index (χ1) is 9.11. The third kappa shape index (κ3) is 2.48. The zero-order valence-corrected chi connectivity index (χ0v) is 12.6. The fraction of sp³-hybridized carbons (Fsp3) is 0.533. The minimum Gasteiger partial charge on any atom is -0.326 e. The van der Waals surface area contributed by atoms with Crippen molar-refractivity contribution in [2.45, 2.75) is 45.0 Å². The molecule has 0 amide bonds. The van der Waals surface area contributed by atoms with E-state index in [9.17, 15) is 0 Å². The number of benzene rings is 1. The van der Waals surface area contributed by atoms with E-state index in [4.69, 9.17) is 23.2 Å². The number of hydrogen-bond donors (Lipinski definition) is 0. The van der Waals surface area contributed by atoms with Crippen molar-refractivity contribution in [3.8, 4) is 0 Å². The number of hydrogen-bond acceptors (Lipinski definition) is 1. The summed E-state index contributed by atoms with van der Waals surface area (Å²) < 4.78 is 2.28. The van der Waals surface area contributed by atoms with Gasteiger partial charge in [-0.25, -0.2) is 4.98 Å². The standard InChI is InChI=1S/C15H18Cl2N2/c1-15(6-2-3-7-15)10-19-13-5-4-11(17)8-12(13)18-14(19)9-16/h4-5,8H,2-3,6-7,9-10H2,1H3. The molecule has 1 heterocycles. The van der Waals surface area contributed by atoms with Gasteiger partial charge in [0.05, 0.1) is 16.9 Å². The van der Waals surface area contributed by atoms with Crippen LogP contribution in [0.25, 0.3) is 11.0 Å². The quantitative estimate of drug-likeness (QED) is 0.728. The van der Waals surface area contributed by atoms with Gasteiger partial charge in [-0.15, -0.1) is 11.6 Å². The minimum absolute atomic E-state index is 0.383. The predicted octanol–water partition coefficient (Wildman–Crippen LogP) is 5.01. The molecule has 0 atom stereocenters. The van der Waals surface area contributed by atoms with Crippen molar-refractivity contribution in [1.29, 1.82) is 0 Å². The third-order valence-corrected chi connectivity index (χ3v) is 4.73. The molecule has 0 spiro atoms. The summed E-state index contributed by atoms with van der Waals surface area (Å²) in [5.74, 6) is 1.40. The van der Waals surface area contributed by atoms with E-state index in [0.29, 0.717) is 11.3 Å². The Kier molecular flexibility index (Phi) is 3.48. The van der Waals surface area contributed by atoms with Gasteiger partial charge in [-0.2, -0.15) is 0 Å². The van der Waals surface area contributed by atoms with Crippen LogP contribution < -0.4 is 0 Å². The molecule has 0 bridgehead atoms. The summed E-state index contributed by atoms with van der Waals surface area (Å²) in [5.41, 5.74) is 2.48. The van der Waals surface area contributed by atoms with Crippen LogP contribution in [0.2, 0.25) is 5.02 Å². The van der Waals surface area contributed by atoms with Crippen LogP contribution in [0.4, 0.5) is 0 Å². The molecule has 1 aliphatic carbocycles. The van der Waals surface area contributed by atoms with E-state index in [1.54, 1.807) is 0 Å². The van der Waals surface area contributed by atoms with Crippen LogP contribution in [0.15, 0.2) is 18.2 Å². The summed E-state index contributed by atoms with van der Waals surface area (Å²) in [4.78, 5) is 4.61. The Hall–Kier alpha value is -0.730. The molecule has 2 nitrogen and oxygen atoms in total. The topological polar surface area (TPSA) is 17.8 Å². The number of fused-ring (bicyclic) bond motifs is 1. The van der Waals surface area contributed by atoms with Crippen molar-refractivity contribution in [3.63, 3.8) is 0 Å². The van der Waals surface area contributed by atoms with Crippen LogP contribution in [0.1, 0.15) is 38.4 Å². The molecule has 0 unspecified atom stereocenters. The number of halogens is 2. The fourth-order valence-corrected chi connectivity index (χ4v) is 3.57. The number of imidazole rings is 1. The zero-order chi connectivity index (χ0) is 13.5. The second-order valence-electron chi connectivity index (χ2n) is 5.90. The molecule has 0 N–H and O–H groups in total. The van der Waals surface area contributed by atoms with Gasteiger partial charge >= 0.3 is 0 Å². The smallest absolute Gasteiger partial charge is 0.124 e. The van der Waals surface area contributed by atoms with E-state index < -0.39 is 0 Å². The molecule has 0 aliphatic heterocycles. The molecule has 4 heteroatoms. The lowest BCUT2D eigenvalue weighted by Crippen LogP contribution is -2.20. The summed E-state index contributed by atoms with van der Waals surface area (Å²) in [6.45, 7) is 3.38. The number of rotatable bonds is 3. The summed E-state index contributed by atoms with van der Waals surface area (Å²) in [5, 5.41) is 0.727. The van der Waals surface area contributed by atoms with E-state index in [-0.39, 0.29) is 0 Å². The highest BCUT2D eigenvalue weighted by Crippen LogP contribution is 2.40. The molecular formula is C15H18Cl2N2. The molecule has 0 saturated heterocycles. The van der Waals surface area contributed by atoms with E-state index in [0.717, 1.165) is 28.4 Å². The summed E-state index contributed by atoms with van der Waals surface area (Å²) in [6.07, 6.45) is 5.26. The first-order valence-electron chi connectivity index (χ1n) is 6.82. The lowest BCUT2D eigenvalue weighted by molar-refractivity contribution is 0.282.